The second-order valence-corrected chi connectivity index (χ2v) is 7.17. The van der Waals surface area contributed by atoms with Gasteiger partial charge in [0.05, 0.1) is 23.0 Å². The zero-order valence-corrected chi connectivity index (χ0v) is 18.6. The number of anilines is 1. The maximum absolute atomic E-state index is 12.5. The molecule has 11 nitrogen and oxygen atoms in total. The number of nitro groups is 2. The molecule has 1 N–H and O–H groups in total. The lowest BCUT2D eigenvalue weighted by atomic mass is 10.1. The lowest BCUT2D eigenvalue weighted by Crippen LogP contribution is -2.13. The molecule has 11 heteroatoms. The Morgan fingerprint density at radius 1 is 0.971 bits per heavy atom. The zero-order chi connectivity index (χ0) is 25.5. The van der Waals surface area contributed by atoms with Crippen molar-refractivity contribution in [1.82, 2.24) is 0 Å². The van der Waals surface area contributed by atoms with Crippen molar-refractivity contribution in [2.45, 2.75) is 6.92 Å². The molecule has 3 aromatic rings. The number of amides is 1. The van der Waals surface area contributed by atoms with E-state index in [2.05, 4.69) is 5.32 Å². The van der Waals surface area contributed by atoms with Crippen molar-refractivity contribution >= 4 is 29.0 Å². The number of carbonyl (C=O) groups is 1. The molecule has 176 valence electrons. The molecule has 0 spiro atoms. The first-order chi connectivity index (χ1) is 16.7. The van der Waals surface area contributed by atoms with Gasteiger partial charge < -0.3 is 14.8 Å². The Balaban J connectivity index is 1.87. The van der Waals surface area contributed by atoms with E-state index in [0.29, 0.717) is 11.3 Å². The van der Waals surface area contributed by atoms with Crippen molar-refractivity contribution in [3.63, 3.8) is 0 Å². The third-order valence-electron chi connectivity index (χ3n) is 4.74. The topological polar surface area (TPSA) is 158 Å². The molecule has 0 atom stereocenters. The molecule has 1 amide bonds. The van der Waals surface area contributed by atoms with E-state index in [4.69, 9.17) is 9.47 Å². The molecule has 0 aliphatic rings. The molecular weight excluding hydrogens is 456 g/mol. The van der Waals surface area contributed by atoms with Gasteiger partial charge in [-0.3, -0.25) is 25.0 Å². The van der Waals surface area contributed by atoms with E-state index in [0.717, 1.165) is 23.8 Å². The van der Waals surface area contributed by atoms with Crippen LogP contribution in [0.4, 0.5) is 17.1 Å². The maximum Gasteiger partial charge on any atom is 0.318 e. The van der Waals surface area contributed by atoms with Crippen LogP contribution in [0.5, 0.6) is 17.2 Å². The standard InChI is InChI=1S/C24H18N4O7/c1-15-3-6-18(7-4-15)26-24(29)17(14-25)11-16-5-9-22(23(12-16)34-2)35-21-10-8-19(27(30)31)13-20(21)28(32)33/h3-13H,1-2H3,(H,26,29)/b17-11-. The predicted molar refractivity (Wildman–Crippen MR) is 126 cm³/mol. The molecule has 0 unspecified atom stereocenters. The largest absolute Gasteiger partial charge is 0.493 e. The molecule has 0 aliphatic carbocycles. The van der Waals surface area contributed by atoms with Crippen LogP contribution in [0.25, 0.3) is 6.08 Å². The van der Waals surface area contributed by atoms with Gasteiger partial charge in [0.25, 0.3) is 11.6 Å². The Morgan fingerprint density at radius 2 is 1.66 bits per heavy atom. The molecule has 3 rings (SSSR count). The monoisotopic (exact) mass is 474 g/mol. The molecule has 3 aromatic carbocycles. The average Bonchev–Trinajstić information content (AvgIpc) is 2.84. The minimum Gasteiger partial charge on any atom is -0.493 e. The first-order valence-corrected chi connectivity index (χ1v) is 10.0. The summed E-state index contributed by atoms with van der Waals surface area (Å²) in [6, 6.07) is 16.4. The van der Waals surface area contributed by atoms with Crippen molar-refractivity contribution in [1.29, 1.82) is 5.26 Å². The van der Waals surface area contributed by atoms with Gasteiger partial charge in [0.2, 0.25) is 5.75 Å². The molecule has 0 aromatic heterocycles. The summed E-state index contributed by atoms with van der Waals surface area (Å²) in [7, 11) is 1.34. The second kappa shape index (κ2) is 10.6. The minimum absolute atomic E-state index is 0.0872. The number of hydrogen-bond acceptors (Lipinski definition) is 8. The van der Waals surface area contributed by atoms with E-state index >= 15 is 0 Å². The molecule has 0 radical (unpaired) electrons. The van der Waals surface area contributed by atoms with Crippen LogP contribution >= 0.6 is 0 Å². The zero-order valence-electron chi connectivity index (χ0n) is 18.6. The van der Waals surface area contributed by atoms with Crippen LogP contribution in [0.2, 0.25) is 0 Å². The summed E-state index contributed by atoms with van der Waals surface area (Å²) in [5.41, 5.74) is 0.782. The Labute approximate surface area is 199 Å². The number of nitro benzene ring substituents is 2. The fourth-order valence-corrected chi connectivity index (χ4v) is 2.98. The van der Waals surface area contributed by atoms with E-state index in [9.17, 15) is 30.3 Å². The third-order valence-corrected chi connectivity index (χ3v) is 4.74. The third kappa shape index (κ3) is 5.96. The number of nitrogens with zero attached hydrogens (tertiary/aromatic N) is 3. The number of carbonyl (C=O) groups excluding carboxylic acids is 1. The van der Waals surface area contributed by atoms with Gasteiger partial charge in [-0.2, -0.15) is 5.26 Å². The highest BCUT2D eigenvalue weighted by molar-refractivity contribution is 6.09. The summed E-state index contributed by atoms with van der Waals surface area (Å²) in [4.78, 5) is 33.2. The summed E-state index contributed by atoms with van der Waals surface area (Å²) in [6.45, 7) is 1.91. The normalized spacial score (nSPS) is 10.7. The van der Waals surface area contributed by atoms with Gasteiger partial charge in [-0.25, -0.2) is 0 Å². The summed E-state index contributed by atoms with van der Waals surface area (Å²) in [5, 5.41) is 34.4. The van der Waals surface area contributed by atoms with E-state index in [1.54, 1.807) is 12.1 Å². The quantitative estimate of drug-likeness (QED) is 0.203. The number of methoxy groups -OCH3 is 1. The van der Waals surface area contributed by atoms with E-state index in [1.807, 2.05) is 25.1 Å². The molecule has 0 bridgehead atoms. The van der Waals surface area contributed by atoms with Crippen LogP contribution in [-0.4, -0.2) is 22.9 Å². The van der Waals surface area contributed by atoms with Crippen molar-refractivity contribution in [3.05, 3.63) is 97.6 Å². The van der Waals surface area contributed by atoms with Crippen LogP contribution in [0, 0.1) is 38.5 Å². The average molecular weight is 474 g/mol. The number of ether oxygens (including phenoxy) is 2. The van der Waals surface area contributed by atoms with Gasteiger partial charge >= 0.3 is 5.69 Å². The number of non-ortho nitro benzene ring substituents is 1. The number of aryl methyl sites for hydroxylation is 1. The Morgan fingerprint density at radius 3 is 2.26 bits per heavy atom. The highest BCUT2D eigenvalue weighted by Crippen LogP contribution is 2.38. The Bertz CT molecular complexity index is 1380. The fourth-order valence-electron chi connectivity index (χ4n) is 2.98. The highest BCUT2D eigenvalue weighted by atomic mass is 16.6. The van der Waals surface area contributed by atoms with Gasteiger partial charge in [-0.05, 0) is 48.9 Å². The smallest absolute Gasteiger partial charge is 0.318 e. The van der Waals surface area contributed by atoms with Gasteiger partial charge in [-0.15, -0.1) is 0 Å². The Kier molecular flexibility index (Phi) is 7.38. The van der Waals surface area contributed by atoms with E-state index in [1.165, 1.54) is 31.4 Å². The molecule has 0 fully saturated rings. The maximum atomic E-state index is 12.5. The molecule has 0 aliphatic heterocycles. The van der Waals surface area contributed by atoms with Crippen LogP contribution in [0.3, 0.4) is 0 Å². The predicted octanol–water partition coefficient (Wildman–Crippen LogP) is 5.16. The molecule has 35 heavy (non-hydrogen) atoms. The van der Waals surface area contributed by atoms with E-state index in [-0.39, 0.29) is 22.8 Å². The number of hydrogen-bond donors (Lipinski definition) is 1. The van der Waals surface area contributed by atoms with Gasteiger partial charge in [0.1, 0.15) is 11.6 Å². The number of nitrogens with one attached hydrogen (secondary N) is 1. The second-order valence-electron chi connectivity index (χ2n) is 7.17. The lowest BCUT2D eigenvalue weighted by molar-refractivity contribution is -0.394. The summed E-state index contributed by atoms with van der Waals surface area (Å²) >= 11 is 0. The van der Waals surface area contributed by atoms with Crippen molar-refractivity contribution in [2.24, 2.45) is 0 Å². The van der Waals surface area contributed by atoms with E-state index < -0.39 is 27.1 Å². The number of nitriles is 1. The molecular formula is C24H18N4O7. The molecule has 0 saturated carbocycles. The number of rotatable bonds is 8. The number of benzene rings is 3. The highest BCUT2D eigenvalue weighted by Gasteiger charge is 2.22. The van der Waals surface area contributed by atoms with Crippen LogP contribution in [0.15, 0.2) is 66.2 Å². The molecule has 0 heterocycles. The summed E-state index contributed by atoms with van der Waals surface area (Å²) < 4.78 is 10.9. The lowest BCUT2D eigenvalue weighted by Gasteiger charge is -2.11. The minimum atomic E-state index is -0.794. The SMILES string of the molecule is COc1cc(/C=C(/C#N)C(=O)Nc2ccc(C)cc2)ccc1Oc1ccc([N+](=O)[O-])cc1[N+](=O)[O-]. The van der Waals surface area contributed by atoms with Gasteiger partial charge in [-0.1, -0.05) is 23.8 Å². The summed E-state index contributed by atoms with van der Waals surface area (Å²) in [6.07, 6.45) is 1.35. The van der Waals surface area contributed by atoms with Crippen molar-refractivity contribution in [2.75, 3.05) is 12.4 Å². The summed E-state index contributed by atoms with van der Waals surface area (Å²) in [5.74, 6) is -0.582. The van der Waals surface area contributed by atoms with Gasteiger partial charge in [0.15, 0.2) is 11.5 Å². The van der Waals surface area contributed by atoms with Crippen LogP contribution in [0.1, 0.15) is 11.1 Å². The van der Waals surface area contributed by atoms with Crippen molar-refractivity contribution < 1.29 is 24.1 Å². The molecule has 0 saturated heterocycles. The first-order valence-electron chi connectivity index (χ1n) is 10.0. The van der Waals surface area contributed by atoms with Crippen molar-refractivity contribution in [3.8, 4) is 23.3 Å². The van der Waals surface area contributed by atoms with Crippen LogP contribution in [-0.2, 0) is 4.79 Å². The first kappa shape index (κ1) is 24.4. The Hall–Kier alpha value is -5.24. The van der Waals surface area contributed by atoms with Crippen LogP contribution < -0.4 is 14.8 Å². The fraction of sp³-hybridized carbons (Fsp3) is 0.0833. The van der Waals surface area contributed by atoms with Gasteiger partial charge in [0, 0.05) is 11.8 Å².